The van der Waals surface area contributed by atoms with Crippen LogP contribution in [0.5, 0.6) is 0 Å². The number of hydrogen-bond acceptors (Lipinski definition) is 4. The van der Waals surface area contributed by atoms with Crippen LogP contribution in [0.25, 0.3) is 21.8 Å². The average Bonchev–Trinajstić information content (AvgIpc) is 3.11. The molecule has 1 aliphatic rings. The molecule has 5 rings (SSSR count). The standard InChI is InChI=1S/C22H18N4O4/c1-12(22(29)30)26-19-15(13-6-2-5-9-17(13)24-19)10-18(21(26)28)25-11-23-16-8-4-3-7-14(16)20(25)27/h2-9,11-12,18,24H,10H2,1H3,(H,29,30)/t12-,18+/m0/s1. The normalized spacial score (nSPS) is 17.3. The van der Waals surface area contributed by atoms with Crippen molar-refractivity contribution in [1.29, 1.82) is 0 Å². The van der Waals surface area contributed by atoms with E-state index in [0.29, 0.717) is 16.7 Å². The number of carboxylic acid groups (broad SMARTS) is 1. The zero-order valence-corrected chi connectivity index (χ0v) is 16.1. The summed E-state index contributed by atoms with van der Waals surface area (Å²) in [6.07, 6.45) is 1.64. The van der Waals surface area contributed by atoms with E-state index in [2.05, 4.69) is 9.97 Å². The fourth-order valence-electron chi connectivity index (χ4n) is 4.17. The van der Waals surface area contributed by atoms with Crippen molar-refractivity contribution < 1.29 is 14.7 Å². The van der Waals surface area contributed by atoms with Crippen molar-refractivity contribution >= 4 is 39.5 Å². The van der Waals surface area contributed by atoms with Crippen molar-refractivity contribution in [3.05, 3.63) is 70.8 Å². The van der Waals surface area contributed by atoms with Crippen LogP contribution in [0.3, 0.4) is 0 Å². The fourth-order valence-corrected chi connectivity index (χ4v) is 4.17. The molecule has 4 aromatic rings. The maximum atomic E-state index is 13.5. The molecule has 2 atom stereocenters. The number of fused-ring (bicyclic) bond motifs is 4. The van der Waals surface area contributed by atoms with Crippen molar-refractivity contribution in [2.75, 3.05) is 4.90 Å². The van der Waals surface area contributed by atoms with Gasteiger partial charge in [-0.05, 0) is 25.1 Å². The van der Waals surface area contributed by atoms with Crippen LogP contribution in [0.4, 0.5) is 5.82 Å². The molecule has 0 radical (unpaired) electrons. The van der Waals surface area contributed by atoms with Gasteiger partial charge in [0.1, 0.15) is 17.9 Å². The SMILES string of the molecule is C[C@@H](C(=O)O)N1C(=O)[C@H](n2cnc3ccccc3c2=O)Cc2c1[nH]c1ccccc21. The number of nitrogens with zero attached hydrogens (tertiary/aromatic N) is 3. The van der Waals surface area contributed by atoms with E-state index in [1.54, 1.807) is 24.3 Å². The predicted molar refractivity (Wildman–Crippen MR) is 112 cm³/mol. The van der Waals surface area contributed by atoms with Crippen LogP contribution >= 0.6 is 0 Å². The topological polar surface area (TPSA) is 108 Å². The maximum Gasteiger partial charge on any atom is 0.326 e. The van der Waals surface area contributed by atoms with Gasteiger partial charge in [0.15, 0.2) is 0 Å². The highest BCUT2D eigenvalue weighted by atomic mass is 16.4. The second kappa shape index (κ2) is 6.55. The predicted octanol–water partition coefficient (Wildman–Crippen LogP) is 2.48. The molecule has 0 saturated carbocycles. The van der Waals surface area contributed by atoms with E-state index in [0.717, 1.165) is 16.5 Å². The lowest BCUT2D eigenvalue weighted by atomic mass is 9.97. The largest absolute Gasteiger partial charge is 0.480 e. The number of rotatable bonds is 3. The summed E-state index contributed by atoms with van der Waals surface area (Å²) in [5.74, 6) is -1.12. The molecule has 0 unspecified atom stereocenters. The summed E-state index contributed by atoms with van der Waals surface area (Å²) in [4.78, 5) is 47.1. The summed E-state index contributed by atoms with van der Waals surface area (Å²) in [6.45, 7) is 1.46. The number of para-hydroxylation sites is 2. The summed E-state index contributed by atoms with van der Waals surface area (Å²) < 4.78 is 1.32. The lowest BCUT2D eigenvalue weighted by Gasteiger charge is -2.35. The van der Waals surface area contributed by atoms with Crippen LogP contribution in [0, 0.1) is 0 Å². The first-order chi connectivity index (χ1) is 14.5. The van der Waals surface area contributed by atoms with Gasteiger partial charge in [-0.25, -0.2) is 9.78 Å². The van der Waals surface area contributed by atoms with Crippen molar-refractivity contribution in [2.45, 2.75) is 25.4 Å². The van der Waals surface area contributed by atoms with Gasteiger partial charge in [0, 0.05) is 22.9 Å². The molecule has 8 heteroatoms. The van der Waals surface area contributed by atoms with Crippen molar-refractivity contribution in [1.82, 2.24) is 14.5 Å². The molecule has 2 aromatic heterocycles. The molecule has 2 N–H and O–H groups in total. The third-order valence-corrected chi connectivity index (χ3v) is 5.72. The molecule has 150 valence electrons. The first kappa shape index (κ1) is 18.1. The van der Waals surface area contributed by atoms with Crippen molar-refractivity contribution in [3.8, 4) is 0 Å². The van der Waals surface area contributed by atoms with E-state index in [1.807, 2.05) is 24.3 Å². The molecule has 0 bridgehead atoms. The Morgan fingerprint density at radius 2 is 1.83 bits per heavy atom. The zero-order chi connectivity index (χ0) is 21.0. The number of aromatic amines is 1. The third-order valence-electron chi connectivity index (χ3n) is 5.72. The molecule has 3 heterocycles. The van der Waals surface area contributed by atoms with E-state index >= 15 is 0 Å². The molecule has 0 saturated heterocycles. The Morgan fingerprint density at radius 1 is 1.13 bits per heavy atom. The monoisotopic (exact) mass is 402 g/mol. The summed E-state index contributed by atoms with van der Waals surface area (Å²) in [6, 6.07) is 12.5. The molecule has 0 aliphatic carbocycles. The van der Waals surface area contributed by atoms with Gasteiger partial charge in [-0.3, -0.25) is 19.1 Å². The van der Waals surface area contributed by atoms with E-state index in [4.69, 9.17) is 0 Å². The molecule has 1 amide bonds. The van der Waals surface area contributed by atoms with E-state index in [1.165, 1.54) is 22.7 Å². The van der Waals surface area contributed by atoms with Crippen LogP contribution in [0.2, 0.25) is 0 Å². The van der Waals surface area contributed by atoms with Gasteiger partial charge in [0.25, 0.3) is 11.5 Å². The summed E-state index contributed by atoms with van der Waals surface area (Å²) in [5, 5.41) is 10.9. The average molecular weight is 402 g/mol. The Kier molecular flexibility index (Phi) is 3.95. The molecule has 8 nitrogen and oxygen atoms in total. The van der Waals surface area contributed by atoms with E-state index in [-0.39, 0.29) is 12.0 Å². The molecular formula is C22H18N4O4. The van der Waals surface area contributed by atoms with Crippen molar-refractivity contribution in [2.24, 2.45) is 0 Å². The third kappa shape index (κ3) is 2.53. The number of anilines is 1. The van der Waals surface area contributed by atoms with Crippen LogP contribution in [-0.4, -0.2) is 37.6 Å². The lowest BCUT2D eigenvalue weighted by molar-refractivity contribution is -0.140. The molecule has 2 aromatic carbocycles. The van der Waals surface area contributed by atoms with Gasteiger partial charge in [0.2, 0.25) is 0 Å². The number of carboxylic acids is 1. The van der Waals surface area contributed by atoms with Crippen molar-refractivity contribution in [3.63, 3.8) is 0 Å². The molecule has 0 spiro atoms. The quantitative estimate of drug-likeness (QED) is 0.547. The number of hydrogen-bond donors (Lipinski definition) is 2. The number of carbonyl (C=O) groups excluding carboxylic acids is 1. The highest BCUT2D eigenvalue weighted by Gasteiger charge is 2.41. The number of nitrogens with one attached hydrogen (secondary N) is 1. The minimum atomic E-state index is -1.13. The second-order valence-electron chi connectivity index (χ2n) is 7.41. The summed E-state index contributed by atoms with van der Waals surface area (Å²) in [7, 11) is 0. The summed E-state index contributed by atoms with van der Waals surface area (Å²) in [5.41, 5.74) is 1.83. The Labute approximate surface area is 170 Å². The zero-order valence-electron chi connectivity index (χ0n) is 16.1. The summed E-state index contributed by atoms with van der Waals surface area (Å²) >= 11 is 0. The Bertz CT molecular complexity index is 1390. The first-order valence-electron chi connectivity index (χ1n) is 9.58. The number of carbonyl (C=O) groups is 2. The smallest absolute Gasteiger partial charge is 0.326 e. The minimum Gasteiger partial charge on any atom is -0.480 e. The number of aromatic nitrogens is 3. The highest BCUT2D eigenvalue weighted by molar-refractivity contribution is 6.06. The molecule has 30 heavy (non-hydrogen) atoms. The van der Waals surface area contributed by atoms with Gasteiger partial charge >= 0.3 is 5.97 Å². The van der Waals surface area contributed by atoms with Gasteiger partial charge in [0.05, 0.1) is 17.2 Å². The maximum absolute atomic E-state index is 13.5. The van der Waals surface area contributed by atoms with E-state index < -0.39 is 24.0 Å². The van der Waals surface area contributed by atoms with Gasteiger partial charge in [-0.2, -0.15) is 0 Å². The first-order valence-corrected chi connectivity index (χ1v) is 9.58. The van der Waals surface area contributed by atoms with Gasteiger partial charge in [-0.15, -0.1) is 0 Å². The van der Waals surface area contributed by atoms with E-state index in [9.17, 15) is 19.5 Å². The number of amides is 1. The van der Waals surface area contributed by atoms with Crippen LogP contribution in [-0.2, 0) is 16.0 Å². The van der Waals surface area contributed by atoms with Crippen LogP contribution < -0.4 is 10.5 Å². The molecule has 0 fully saturated rings. The van der Waals surface area contributed by atoms with Crippen LogP contribution in [0.1, 0.15) is 18.5 Å². The number of aliphatic carboxylic acids is 1. The van der Waals surface area contributed by atoms with Crippen LogP contribution in [0.15, 0.2) is 59.7 Å². The lowest BCUT2D eigenvalue weighted by Crippen LogP contribution is -2.51. The Morgan fingerprint density at radius 3 is 2.60 bits per heavy atom. The minimum absolute atomic E-state index is 0.265. The number of H-pyrrole nitrogens is 1. The Balaban J connectivity index is 1.73. The molecular weight excluding hydrogens is 384 g/mol. The van der Waals surface area contributed by atoms with Gasteiger partial charge < -0.3 is 10.1 Å². The number of benzene rings is 2. The highest BCUT2D eigenvalue weighted by Crippen LogP contribution is 2.38. The fraction of sp³-hybridized carbons (Fsp3) is 0.182. The molecule has 1 aliphatic heterocycles. The van der Waals surface area contributed by atoms with Gasteiger partial charge in [-0.1, -0.05) is 30.3 Å². The Hall–Kier alpha value is -3.94. The second-order valence-corrected chi connectivity index (χ2v) is 7.41.